The van der Waals surface area contributed by atoms with Crippen LogP contribution in [0.1, 0.15) is 26.7 Å². The Morgan fingerprint density at radius 2 is 1.95 bits per heavy atom. The number of hydrogen-bond donors (Lipinski definition) is 2. The summed E-state index contributed by atoms with van der Waals surface area (Å²) in [6.07, 6.45) is 1.49. The van der Waals surface area contributed by atoms with Crippen molar-refractivity contribution < 1.29 is 16.8 Å². The molecule has 8 nitrogen and oxygen atoms in total. The smallest absolute Gasteiger partial charge is 0.216 e. The molecule has 1 atom stereocenters. The fourth-order valence-corrected chi connectivity index (χ4v) is 4.21. The topological polar surface area (TPSA) is 113 Å². The molecule has 1 aliphatic rings. The molecule has 0 aliphatic carbocycles. The van der Waals surface area contributed by atoms with Gasteiger partial charge in [0.2, 0.25) is 0 Å². The summed E-state index contributed by atoms with van der Waals surface area (Å²) in [6.45, 7) is 4.55. The van der Waals surface area contributed by atoms with Gasteiger partial charge in [0.25, 0.3) is 20.4 Å². The van der Waals surface area contributed by atoms with Crippen LogP contribution in [0.2, 0.25) is 0 Å². The second kappa shape index (κ2) is 6.67. The Hall–Kier alpha value is -0.260. The van der Waals surface area contributed by atoms with Crippen LogP contribution in [0.5, 0.6) is 0 Å². The van der Waals surface area contributed by atoms with Gasteiger partial charge in [0, 0.05) is 32.7 Å². The second-order valence-corrected chi connectivity index (χ2v) is 8.74. The van der Waals surface area contributed by atoms with Gasteiger partial charge in [-0.25, -0.2) is 9.86 Å². The molecule has 1 fully saturated rings. The molecule has 0 aromatic heterocycles. The third kappa shape index (κ3) is 4.93. The normalized spacial score (nSPS) is 22.6. The van der Waals surface area contributed by atoms with Gasteiger partial charge in [-0.15, -0.1) is 0 Å². The van der Waals surface area contributed by atoms with Crippen molar-refractivity contribution in [1.29, 1.82) is 0 Å². The largest absolute Gasteiger partial charge is 0.281 e. The van der Waals surface area contributed by atoms with Gasteiger partial charge in [-0.3, -0.25) is 0 Å². The molecule has 1 unspecified atom stereocenters. The number of nitrogens with one attached hydrogen (secondary N) is 1. The Kier molecular flexibility index (Phi) is 5.93. The lowest BCUT2D eigenvalue weighted by Crippen LogP contribution is -2.50. The molecule has 0 radical (unpaired) electrons. The minimum atomic E-state index is -3.73. The highest BCUT2D eigenvalue weighted by atomic mass is 32.2. The molecule has 0 aromatic rings. The van der Waals surface area contributed by atoms with Gasteiger partial charge in [0.1, 0.15) is 0 Å². The first-order chi connectivity index (χ1) is 9.04. The Balaban J connectivity index is 2.69. The van der Waals surface area contributed by atoms with E-state index in [0.717, 1.165) is 6.42 Å². The van der Waals surface area contributed by atoms with E-state index in [1.807, 2.05) is 13.8 Å². The molecule has 3 N–H and O–H groups in total. The Labute approximate surface area is 121 Å². The van der Waals surface area contributed by atoms with Crippen LogP contribution in [0, 0.1) is 5.92 Å². The van der Waals surface area contributed by atoms with E-state index in [1.165, 1.54) is 8.61 Å². The molecule has 0 saturated carbocycles. The van der Waals surface area contributed by atoms with Gasteiger partial charge in [0.05, 0.1) is 0 Å². The van der Waals surface area contributed by atoms with Crippen LogP contribution in [0.4, 0.5) is 0 Å². The zero-order chi connectivity index (χ0) is 15.6. The van der Waals surface area contributed by atoms with Crippen molar-refractivity contribution in [3.63, 3.8) is 0 Å². The second-order valence-electron chi connectivity index (χ2n) is 5.38. The fourth-order valence-electron chi connectivity index (χ4n) is 2.09. The fraction of sp³-hybridized carbons (Fsp3) is 1.00. The molecule has 1 saturated heterocycles. The molecule has 1 aliphatic heterocycles. The van der Waals surface area contributed by atoms with Crippen molar-refractivity contribution in [2.75, 3.05) is 26.7 Å². The SMILES string of the molecule is CC(C)N(C)S(=O)(=O)N1CCCC(CNS(N)(=O)=O)C1. The van der Waals surface area contributed by atoms with Crippen molar-refractivity contribution in [1.82, 2.24) is 13.3 Å². The minimum Gasteiger partial charge on any atom is -0.216 e. The van der Waals surface area contributed by atoms with Gasteiger partial charge in [-0.1, -0.05) is 0 Å². The predicted molar refractivity (Wildman–Crippen MR) is 77.2 cm³/mol. The van der Waals surface area contributed by atoms with Crippen LogP contribution in [0.15, 0.2) is 0 Å². The van der Waals surface area contributed by atoms with Crippen LogP contribution < -0.4 is 9.86 Å². The lowest BCUT2D eigenvalue weighted by atomic mass is 10.0. The van der Waals surface area contributed by atoms with Crippen molar-refractivity contribution in [2.24, 2.45) is 11.1 Å². The van der Waals surface area contributed by atoms with Crippen LogP contribution in [0.3, 0.4) is 0 Å². The molecule has 20 heavy (non-hydrogen) atoms. The maximum Gasteiger partial charge on any atom is 0.281 e. The van der Waals surface area contributed by atoms with Gasteiger partial charge in [-0.2, -0.15) is 25.4 Å². The molecule has 0 bridgehead atoms. The van der Waals surface area contributed by atoms with E-state index in [-0.39, 0.29) is 18.5 Å². The molecule has 1 heterocycles. The summed E-state index contributed by atoms with van der Waals surface area (Å²) in [5, 5.41) is 4.88. The van der Waals surface area contributed by atoms with E-state index in [2.05, 4.69) is 4.72 Å². The molecular weight excluding hydrogens is 304 g/mol. The number of nitrogens with two attached hydrogens (primary N) is 1. The maximum atomic E-state index is 12.4. The van der Waals surface area contributed by atoms with Crippen LogP contribution in [0.25, 0.3) is 0 Å². The zero-order valence-corrected chi connectivity index (χ0v) is 13.7. The van der Waals surface area contributed by atoms with Crippen molar-refractivity contribution >= 4 is 20.4 Å². The van der Waals surface area contributed by atoms with E-state index in [9.17, 15) is 16.8 Å². The van der Waals surface area contributed by atoms with Crippen molar-refractivity contribution in [3.8, 4) is 0 Å². The lowest BCUT2D eigenvalue weighted by molar-refractivity contribution is 0.246. The van der Waals surface area contributed by atoms with Gasteiger partial charge >= 0.3 is 0 Å². The third-order valence-corrected chi connectivity index (χ3v) is 6.18. The summed E-state index contributed by atoms with van der Waals surface area (Å²) in [6, 6.07) is -0.122. The van der Waals surface area contributed by atoms with Crippen LogP contribution in [-0.4, -0.2) is 58.2 Å². The Morgan fingerprint density at radius 1 is 1.35 bits per heavy atom. The number of rotatable bonds is 6. The van der Waals surface area contributed by atoms with Gasteiger partial charge in [0.15, 0.2) is 0 Å². The zero-order valence-electron chi connectivity index (χ0n) is 12.1. The molecule has 120 valence electrons. The van der Waals surface area contributed by atoms with E-state index in [0.29, 0.717) is 19.5 Å². The summed E-state index contributed by atoms with van der Waals surface area (Å²) < 4.78 is 51.4. The summed E-state index contributed by atoms with van der Waals surface area (Å²) in [5.41, 5.74) is 0. The standard InChI is InChI=1S/C10H24N4O4S2/c1-9(2)13(3)20(17,18)14-6-4-5-10(8-14)7-12-19(11,15)16/h9-10,12H,4-8H2,1-3H3,(H2,11,15,16). The Morgan fingerprint density at radius 3 is 2.45 bits per heavy atom. The first kappa shape index (κ1) is 17.8. The van der Waals surface area contributed by atoms with Gasteiger partial charge in [-0.05, 0) is 32.6 Å². The maximum absolute atomic E-state index is 12.4. The Bertz CT molecular complexity index is 517. The number of hydrogen-bond acceptors (Lipinski definition) is 4. The highest BCUT2D eigenvalue weighted by molar-refractivity contribution is 7.87. The van der Waals surface area contributed by atoms with Crippen molar-refractivity contribution in [3.05, 3.63) is 0 Å². The number of nitrogens with zero attached hydrogens (tertiary/aromatic N) is 2. The summed E-state index contributed by atoms with van der Waals surface area (Å²) in [4.78, 5) is 0. The van der Waals surface area contributed by atoms with E-state index < -0.39 is 20.4 Å². The van der Waals surface area contributed by atoms with Crippen molar-refractivity contribution in [2.45, 2.75) is 32.7 Å². The quantitative estimate of drug-likeness (QED) is 0.656. The third-order valence-electron chi connectivity index (χ3n) is 3.47. The van der Waals surface area contributed by atoms with Gasteiger partial charge < -0.3 is 0 Å². The summed E-state index contributed by atoms with van der Waals surface area (Å²) >= 11 is 0. The minimum absolute atomic E-state index is 0.0580. The average Bonchev–Trinajstić information content (AvgIpc) is 2.34. The first-order valence-electron chi connectivity index (χ1n) is 6.54. The van der Waals surface area contributed by atoms with Crippen LogP contribution in [-0.2, 0) is 20.4 Å². The van der Waals surface area contributed by atoms with E-state index in [4.69, 9.17) is 5.14 Å². The highest BCUT2D eigenvalue weighted by Gasteiger charge is 2.33. The molecule has 0 spiro atoms. The summed E-state index contributed by atoms with van der Waals surface area (Å²) in [5.74, 6) is -0.0580. The lowest BCUT2D eigenvalue weighted by Gasteiger charge is -2.35. The van der Waals surface area contributed by atoms with E-state index in [1.54, 1.807) is 7.05 Å². The van der Waals surface area contributed by atoms with Crippen LogP contribution >= 0.6 is 0 Å². The highest BCUT2D eigenvalue weighted by Crippen LogP contribution is 2.21. The molecule has 1 rings (SSSR count). The monoisotopic (exact) mass is 328 g/mol. The average molecular weight is 328 g/mol. The molecule has 0 aromatic carbocycles. The van der Waals surface area contributed by atoms with E-state index >= 15 is 0 Å². The predicted octanol–water partition coefficient (Wildman–Crippen LogP) is -0.923. The summed E-state index contributed by atoms with van der Waals surface area (Å²) in [7, 11) is -5.68. The molecular formula is C10H24N4O4S2. The number of piperidine rings is 1. The molecule has 0 amide bonds. The molecule has 10 heteroatoms. The first-order valence-corrected chi connectivity index (χ1v) is 9.49.